The van der Waals surface area contributed by atoms with Crippen LogP contribution < -0.4 is 21.3 Å². The lowest BCUT2D eigenvalue weighted by Gasteiger charge is -2.50. The molecule has 20 heterocycles. The number of hydrogen-bond donors (Lipinski definition) is 4. The number of aryl methyl sites for hydroxylation is 6. The zero-order valence-electron chi connectivity index (χ0n) is 70.4. The summed E-state index contributed by atoms with van der Waals surface area (Å²) in [6.07, 6.45) is 37.6. The maximum absolute atomic E-state index is 14.4. The van der Waals surface area contributed by atoms with Crippen LogP contribution >= 0.6 is 23.2 Å². The summed E-state index contributed by atoms with van der Waals surface area (Å²) in [4.78, 5) is 133. The van der Waals surface area contributed by atoms with Gasteiger partial charge in [-0.2, -0.15) is 0 Å². The third-order valence-corrected chi connectivity index (χ3v) is 25.4. The number of halogens is 3. The van der Waals surface area contributed by atoms with Crippen molar-refractivity contribution in [3.63, 3.8) is 0 Å². The minimum absolute atomic E-state index is 0.0137. The summed E-state index contributed by atoms with van der Waals surface area (Å²) < 4.78 is 14.4. The Morgan fingerprint density at radius 3 is 1.02 bits per heavy atom. The Morgan fingerprint density at radius 1 is 0.344 bits per heavy atom. The van der Waals surface area contributed by atoms with Crippen LogP contribution in [0.4, 0.5) is 27.7 Å². The van der Waals surface area contributed by atoms with E-state index in [1.807, 2.05) is 128 Å². The first kappa shape index (κ1) is 84.3. The summed E-state index contributed by atoms with van der Waals surface area (Å²) >= 11 is 11.9. The second-order valence-electron chi connectivity index (χ2n) is 34.0. The van der Waals surface area contributed by atoms with Gasteiger partial charge in [-0.25, -0.2) is 69.2 Å². The van der Waals surface area contributed by atoms with Gasteiger partial charge in [-0.05, 0) is 261 Å². The lowest BCUT2D eigenvalue weighted by atomic mass is 9.76. The molecule has 4 saturated carbocycles. The molecule has 8 saturated heterocycles. The van der Waals surface area contributed by atoms with Gasteiger partial charge in [0.05, 0.1) is 56.5 Å². The number of carbonyl (C=O) groups excluding carboxylic acids is 4. The lowest BCUT2D eigenvalue weighted by molar-refractivity contribution is 0.0273. The van der Waals surface area contributed by atoms with Crippen molar-refractivity contribution < 1.29 is 23.6 Å². The quantitative estimate of drug-likeness (QED) is 0.0698. The van der Waals surface area contributed by atoms with E-state index in [9.17, 15) is 23.6 Å². The molecule has 12 aromatic heterocycles. The number of nitrogens with zero attached hydrogens (tertiary/aromatic N) is 20. The fourth-order valence-corrected chi connectivity index (χ4v) is 19.3. The van der Waals surface area contributed by atoms with Crippen LogP contribution in [0, 0.1) is 71.0 Å². The second-order valence-corrected chi connectivity index (χ2v) is 34.8. The standard InChI is InChI=1S/C24H25FN6O.C24H26N6O.2C23H23ClN6O/c1-14-8-17(22-26-6-3-7-27-22)21(28-11-14)24(32)31-13-16-4-5-20(31)19(10-16)30-23-18(25)9-15(2)12-29-23;1-15-4-7-21(27-12-15)29-19-11-17-5-6-20(19)30(14-17)24(31)22-18(10-16(2)13-28-22)23-25-8-3-9-26-23;1-14-3-6-17(21(28-14)22-25-9-2-10-26-22)23(31)30-13-15-4-7-19(30)18(11-15)29-20-8-5-16(24)12-27-20;1-14-9-17(22-25-7-2-8-26-22)21(28-11-14)23(31)30-13-15-3-5-19(30)18(10-15)29-20-6-4-16(24)12-27-20/h3,6-9,11-12,16,19-20H,4-5,10,13H2,1-2H3,(H,29,30);3-4,7-10,12-13,17,19-20H,5-6,11,14H2,1-2H3,(H,27,29);2-3,5-6,8-10,12,15,18-19H,4,7,11,13H2,1H3,(H,27,29);2,4,6-9,11-12,15,18-19H,3,5,10,13H2,1H3,(H,27,29). The van der Waals surface area contributed by atoms with E-state index >= 15 is 0 Å². The Balaban J connectivity index is 0.000000118. The maximum Gasteiger partial charge on any atom is 0.273 e. The van der Waals surface area contributed by atoms with Crippen LogP contribution in [0.15, 0.2) is 190 Å². The number of pyridine rings is 8. The van der Waals surface area contributed by atoms with Crippen LogP contribution in [0.3, 0.4) is 0 Å². The van der Waals surface area contributed by atoms with Gasteiger partial charge in [0, 0.05) is 149 Å². The molecule has 638 valence electrons. The van der Waals surface area contributed by atoms with Crippen molar-refractivity contribution in [2.75, 3.05) is 47.4 Å². The van der Waals surface area contributed by atoms with Crippen LogP contribution in [-0.2, 0) is 0 Å². The number of aromatic nitrogens is 16. The van der Waals surface area contributed by atoms with Crippen molar-refractivity contribution in [1.82, 2.24) is 99.3 Å². The summed E-state index contributed by atoms with van der Waals surface area (Å²) in [5, 5.41) is 15.1. The fourth-order valence-electron chi connectivity index (χ4n) is 19.1. The molecule has 31 heteroatoms. The minimum atomic E-state index is -0.368. The predicted molar refractivity (Wildman–Crippen MR) is 475 cm³/mol. The van der Waals surface area contributed by atoms with Crippen molar-refractivity contribution in [1.29, 1.82) is 0 Å². The van der Waals surface area contributed by atoms with Gasteiger partial charge in [0.25, 0.3) is 23.6 Å². The summed E-state index contributed by atoms with van der Waals surface area (Å²) in [6.45, 7) is 14.6. The Kier molecular flexibility index (Phi) is 25.4. The summed E-state index contributed by atoms with van der Waals surface area (Å²) in [5.41, 5.74) is 9.89. The SMILES string of the molecule is Cc1ccc(C(=O)N2CC3CCC2C(Nc2ccc(Cl)cn2)C3)c(-c2ncccn2)n1.Cc1ccc(NC2CC3CCC2N(C(=O)c2ncc(C)cc2-c2ncccn2)C3)nc1.Cc1cnc(C(=O)N2CC3CCC2C(Nc2ccc(Cl)cn2)C3)c(-c2ncccn2)c1.Cc1cnc(NC2CC3CCC2N(C(=O)c2ncc(C)cc2-c2ncccn2)C3)c(F)c1. The third kappa shape index (κ3) is 19.3. The van der Waals surface area contributed by atoms with E-state index in [0.29, 0.717) is 109 Å². The van der Waals surface area contributed by atoms with E-state index in [4.69, 9.17) is 23.2 Å². The minimum Gasteiger partial charge on any atom is -0.365 e. The first-order chi connectivity index (χ1) is 60.7. The molecular formula is C94H97Cl2FN24O4. The van der Waals surface area contributed by atoms with E-state index < -0.39 is 0 Å². The van der Waals surface area contributed by atoms with Crippen molar-refractivity contribution in [3.05, 3.63) is 262 Å². The van der Waals surface area contributed by atoms with Gasteiger partial charge in [0.1, 0.15) is 40.2 Å². The number of carbonyl (C=O) groups is 4. The predicted octanol–water partition coefficient (Wildman–Crippen LogP) is 15.5. The highest BCUT2D eigenvalue weighted by atomic mass is 35.5. The van der Waals surface area contributed by atoms with Crippen molar-refractivity contribution >= 4 is 70.1 Å². The number of fused-ring (bicyclic) bond motifs is 12. The highest BCUT2D eigenvalue weighted by Crippen LogP contribution is 2.44. The third-order valence-electron chi connectivity index (χ3n) is 25.0. The van der Waals surface area contributed by atoms with Crippen molar-refractivity contribution in [3.8, 4) is 45.7 Å². The molecule has 24 rings (SSSR count). The molecule has 12 fully saturated rings. The zero-order valence-corrected chi connectivity index (χ0v) is 71.9. The van der Waals surface area contributed by atoms with Crippen LogP contribution in [-0.4, -0.2) is 197 Å². The zero-order chi connectivity index (χ0) is 86.4. The van der Waals surface area contributed by atoms with E-state index in [1.165, 1.54) is 6.07 Å². The first-order valence-electron chi connectivity index (χ1n) is 42.8. The number of rotatable bonds is 16. The van der Waals surface area contributed by atoms with Gasteiger partial charge in [0.15, 0.2) is 34.9 Å². The monoisotopic (exact) mass is 1710 g/mol. The first-order valence-corrected chi connectivity index (χ1v) is 43.5. The molecule has 12 aliphatic rings. The van der Waals surface area contributed by atoms with E-state index in [-0.39, 0.29) is 83.6 Å². The molecule has 4 aliphatic carbocycles. The van der Waals surface area contributed by atoms with Gasteiger partial charge in [-0.1, -0.05) is 29.3 Å². The van der Waals surface area contributed by atoms with Crippen molar-refractivity contribution in [2.45, 2.75) is 167 Å². The number of anilines is 4. The maximum atomic E-state index is 14.4. The normalized spacial score (nSPS) is 22.3. The summed E-state index contributed by atoms with van der Waals surface area (Å²) in [5.74, 6) is 5.82. The van der Waals surface area contributed by atoms with Crippen LogP contribution in [0.25, 0.3) is 45.7 Å². The molecule has 12 unspecified atom stereocenters. The van der Waals surface area contributed by atoms with Gasteiger partial charge in [-0.3, -0.25) is 34.1 Å². The highest BCUT2D eigenvalue weighted by Gasteiger charge is 2.49. The Morgan fingerprint density at radius 2 is 0.672 bits per heavy atom. The number of piperidine rings is 8. The van der Waals surface area contributed by atoms with Gasteiger partial charge in [0.2, 0.25) is 0 Å². The van der Waals surface area contributed by atoms with Crippen molar-refractivity contribution in [2.24, 2.45) is 23.7 Å². The Labute approximate surface area is 734 Å². The molecule has 12 aromatic rings. The largest absolute Gasteiger partial charge is 0.365 e. The van der Waals surface area contributed by atoms with Crippen LogP contribution in [0.2, 0.25) is 10.0 Å². The topological polar surface area (TPSA) is 336 Å². The van der Waals surface area contributed by atoms with Crippen LogP contribution in [0.1, 0.15) is 152 Å². The van der Waals surface area contributed by atoms with Crippen LogP contribution in [0.5, 0.6) is 0 Å². The average molecular weight is 1720 g/mol. The number of amides is 4. The summed E-state index contributed by atoms with van der Waals surface area (Å²) in [7, 11) is 0. The molecule has 8 bridgehead atoms. The fraction of sp³-hybridized carbons (Fsp3) is 0.362. The molecule has 4 N–H and O–H groups in total. The van der Waals surface area contributed by atoms with Gasteiger partial charge >= 0.3 is 0 Å². The Hall–Kier alpha value is -12.9. The highest BCUT2D eigenvalue weighted by molar-refractivity contribution is 6.30. The summed E-state index contributed by atoms with van der Waals surface area (Å²) in [6, 6.07) is 30.2. The molecule has 8 aliphatic heterocycles. The average Bonchev–Trinajstić information content (AvgIpc) is 0.773. The molecule has 125 heavy (non-hydrogen) atoms. The molecule has 0 radical (unpaired) electrons. The molecule has 12 atom stereocenters. The molecule has 0 aromatic carbocycles. The van der Waals surface area contributed by atoms with E-state index in [0.717, 1.165) is 148 Å². The van der Waals surface area contributed by atoms with Gasteiger partial charge in [-0.15, -0.1) is 0 Å². The van der Waals surface area contributed by atoms with E-state index in [2.05, 4.69) is 107 Å². The smallest absolute Gasteiger partial charge is 0.273 e. The van der Waals surface area contributed by atoms with Gasteiger partial charge < -0.3 is 40.9 Å². The number of nitrogens with one attached hydrogen (secondary N) is 4. The van der Waals surface area contributed by atoms with E-state index in [1.54, 1.807) is 111 Å². The Bertz CT molecular complexity index is 5430. The lowest BCUT2D eigenvalue weighted by Crippen LogP contribution is -2.60. The molecular weight excluding hydrogens is 1620 g/mol. The molecule has 0 spiro atoms. The number of hydrogen-bond acceptors (Lipinski definition) is 24. The molecule has 4 amide bonds. The molecule has 28 nitrogen and oxygen atoms in total. The second kappa shape index (κ2) is 37.7.